The van der Waals surface area contributed by atoms with Crippen LogP contribution >= 0.6 is 15.9 Å². The Morgan fingerprint density at radius 1 is 1.15 bits per heavy atom. The minimum absolute atomic E-state index is 0.181. The molecule has 0 radical (unpaired) electrons. The van der Waals surface area contributed by atoms with Gasteiger partial charge in [-0.15, -0.1) is 0 Å². The van der Waals surface area contributed by atoms with Gasteiger partial charge >= 0.3 is 0 Å². The van der Waals surface area contributed by atoms with Crippen molar-refractivity contribution in [2.24, 2.45) is 0 Å². The van der Waals surface area contributed by atoms with Crippen molar-refractivity contribution in [3.05, 3.63) is 64.4 Å². The van der Waals surface area contributed by atoms with E-state index in [1.807, 2.05) is 0 Å². The summed E-state index contributed by atoms with van der Waals surface area (Å²) in [4.78, 5) is 0.181. The number of halogens is 2. The molecule has 0 heterocycles. The van der Waals surface area contributed by atoms with Gasteiger partial charge in [-0.1, -0.05) is 34.1 Å². The highest BCUT2D eigenvalue weighted by Crippen LogP contribution is 2.19. The van der Waals surface area contributed by atoms with Crippen molar-refractivity contribution in [3.63, 3.8) is 0 Å². The highest BCUT2D eigenvalue weighted by atomic mass is 79.9. The van der Waals surface area contributed by atoms with Crippen LogP contribution in [0.5, 0.6) is 0 Å². The molecule has 0 fully saturated rings. The maximum atomic E-state index is 12.9. The van der Waals surface area contributed by atoms with Crippen LogP contribution in [-0.2, 0) is 10.0 Å². The topological polar surface area (TPSA) is 46.2 Å². The van der Waals surface area contributed by atoms with E-state index in [1.165, 1.54) is 24.3 Å². The molecule has 1 unspecified atom stereocenters. The third kappa shape index (κ3) is 3.65. The van der Waals surface area contributed by atoms with Gasteiger partial charge in [0.1, 0.15) is 5.82 Å². The van der Waals surface area contributed by atoms with E-state index in [2.05, 4.69) is 20.7 Å². The Morgan fingerprint density at radius 2 is 1.80 bits per heavy atom. The van der Waals surface area contributed by atoms with Crippen LogP contribution in [0.1, 0.15) is 18.5 Å². The smallest absolute Gasteiger partial charge is 0.207 e. The molecule has 2 rings (SSSR count). The highest BCUT2D eigenvalue weighted by Gasteiger charge is 2.18. The van der Waals surface area contributed by atoms with Gasteiger partial charge in [0.25, 0.3) is 0 Å². The van der Waals surface area contributed by atoms with E-state index in [-0.39, 0.29) is 10.7 Å². The van der Waals surface area contributed by atoms with Gasteiger partial charge in [0, 0.05) is 10.5 Å². The minimum atomic E-state index is -3.61. The Labute approximate surface area is 126 Å². The van der Waals surface area contributed by atoms with Crippen LogP contribution in [-0.4, -0.2) is 8.42 Å². The summed E-state index contributed by atoms with van der Waals surface area (Å²) in [7, 11) is -3.61. The van der Waals surface area contributed by atoms with E-state index in [1.54, 1.807) is 31.2 Å². The van der Waals surface area contributed by atoms with E-state index in [0.717, 1.165) is 0 Å². The van der Waals surface area contributed by atoms with Crippen LogP contribution in [0.4, 0.5) is 4.39 Å². The lowest BCUT2D eigenvalue weighted by Gasteiger charge is -2.14. The summed E-state index contributed by atoms with van der Waals surface area (Å²) in [6.07, 6.45) is 0. The third-order valence-electron chi connectivity index (χ3n) is 2.81. The average Bonchev–Trinajstić information content (AvgIpc) is 2.39. The number of benzene rings is 2. The molecule has 6 heteroatoms. The fourth-order valence-electron chi connectivity index (χ4n) is 1.75. The van der Waals surface area contributed by atoms with Crippen molar-refractivity contribution in [1.82, 2.24) is 4.72 Å². The Balaban J connectivity index is 2.22. The molecule has 2 aromatic carbocycles. The molecule has 2 aromatic rings. The standard InChI is InChI=1S/C14H13BrFNO2S/c1-10(11-5-7-13(16)8-6-11)17-20(18,19)14-4-2-3-12(15)9-14/h2-10,17H,1H3. The van der Waals surface area contributed by atoms with Crippen molar-refractivity contribution in [3.8, 4) is 0 Å². The van der Waals surface area contributed by atoms with Crippen molar-refractivity contribution < 1.29 is 12.8 Å². The molecule has 0 saturated heterocycles. The first-order valence-corrected chi connectivity index (χ1v) is 8.19. The average molecular weight is 358 g/mol. The van der Waals surface area contributed by atoms with Gasteiger partial charge in [-0.3, -0.25) is 0 Å². The Bertz CT molecular complexity index is 701. The lowest BCUT2D eigenvalue weighted by Crippen LogP contribution is -2.26. The van der Waals surface area contributed by atoms with Crippen molar-refractivity contribution in [1.29, 1.82) is 0 Å². The molecule has 3 nitrogen and oxygen atoms in total. The van der Waals surface area contributed by atoms with Crippen LogP contribution in [0.2, 0.25) is 0 Å². The van der Waals surface area contributed by atoms with Gasteiger partial charge in [-0.2, -0.15) is 0 Å². The summed E-state index contributed by atoms with van der Waals surface area (Å²) in [6, 6.07) is 11.7. The highest BCUT2D eigenvalue weighted by molar-refractivity contribution is 9.10. The normalized spacial score (nSPS) is 13.2. The lowest BCUT2D eigenvalue weighted by molar-refractivity contribution is 0.566. The van der Waals surface area contributed by atoms with Crippen molar-refractivity contribution in [2.75, 3.05) is 0 Å². The Hall–Kier alpha value is -1.24. The maximum Gasteiger partial charge on any atom is 0.241 e. The molecular formula is C14H13BrFNO2S. The molecule has 106 valence electrons. The summed E-state index contributed by atoms with van der Waals surface area (Å²) in [5, 5.41) is 0. The van der Waals surface area contributed by atoms with Gasteiger partial charge in [0.2, 0.25) is 10.0 Å². The zero-order valence-corrected chi connectivity index (χ0v) is 13.1. The van der Waals surface area contributed by atoms with Crippen LogP contribution in [0, 0.1) is 5.82 Å². The number of hydrogen-bond acceptors (Lipinski definition) is 2. The summed E-state index contributed by atoms with van der Waals surface area (Å²) < 4.78 is 40.6. The third-order valence-corrected chi connectivity index (χ3v) is 4.84. The number of sulfonamides is 1. The number of nitrogens with one attached hydrogen (secondary N) is 1. The molecule has 0 bridgehead atoms. The van der Waals surface area contributed by atoms with Crippen LogP contribution in [0.15, 0.2) is 57.9 Å². The molecule has 0 amide bonds. The number of hydrogen-bond donors (Lipinski definition) is 1. The predicted molar refractivity (Wildman–Crippen MR) is 79.3 cm³/mol. The first-order valence-electron chi connectivity index (χ1n) is 5.92. The molecular weight excluding hydrogens is 345 g/mol. The van der Waals surface area contributed by atoms with E-state index in [9.17, 15) is 12.8 Å². The van der Waals surface area contributed by atoms with E-state index in [4.69, 9.17) is 0 Å². The fourth-order valence-corrected chi connectivity index (χ4v) is 3.58. The van der Waals surface area contributed by atoms with Gasteiger partial charge in [-0.05, 0) is 42.8 Å². The van der Waals surface area contributed by atoms with Gasteiger partial charge in [-0.25, -0.2) is 17.5 Å². The first-order chi connectivity index (χ1) is 9.38. The second kappa shape index (κ2) is 6.03. The Kier molecular flexibility index (Phi) is 4.57. The molecule has 1 atom stereocenters. The second-order valence-corrected chi connectivity index (χ2v) is 6.98. The first kappa shape index (κ1) is 15.2. The molecule has 0 aromatic heterocycles. The lowest BCUT2D eigenvalue weighted by atomic mass is 10.1. The molecule has 0 aliphatic rings. The zero-order valence-electron chi connectivity index (χ0n) is 10.7. The van der Waals surface area contributed by atoms with E-state index >= 15 is 0 Å². The zero-order chi connectivity index (χ0) is 14.8. The molecule has 0 spiro atoms. The minimum Gasteiger partial charge on any atom is -0.207 e. The molecule has 1 N–H and O–H groups in total. The quantitative estimate of drug-likeness (QED) is 0.907. The summed E-state index contributed by atoms with van der Waals surface area (Å²) in [5.74, 6) is -0.351. The summed E-state index contributed by atoms with van der Waals surface area (Å²) >= 11 is 3.24. The van der Waals surface area contributed by atoms with Gasteiger partial charge in [0.05, 0.1) is 4.90 Å². The largest absolute Gasteiger partial charge is 0.241 e. The van der Waals surface area contributed by atoms with Crippen molar-refractivity contribution in [2.45, 2.75) is 17.9 Å². The number of rotatable bonds is 4. The molecule has 0 aliphatic heterocycles. The monoisotopic (exact) mass is 357 g/mol. The summed E-state index contributed by atoms with van der Waals surface area (Å²) in [5.41, 5.74) is 0.699. The Morgan fingerprint density at radius 3 is 2.40 bits per heavy atom. The van der Waals surface area contributed by atoms with Crippen LogP contribution in [0.25, 0.3) is 0 Å². The molecule has 0 saturated carbocycles. The molecule has 20 heavy (non-hydrogen) atoms. The van der Waals surface area contributed by atoms with Gasteiger partial charge in [0.15, 0.2) is 0 Å². The van der Waals surface area contributed by atoms with Gasteiger partial charge < -0.3 is 0 Å². The van der Waals surface area contributed by atoms with Crippen LogP contribution < -0.4 is 4.72 Å². The maximum absolute atomic E-state index is 12.9. The van der Waals surface area contributed by atoms with Crippen molar-refractivity contribution >= 4 is 26.0 Å². The van der Waals surface area contributed by atoms with Crippen LogP contribution in [0.3, 0.4) is 0 Å². The van der Waals surface area contributed by atoms with E-state index < -0.39 is 16.1 Å². The SMILES string of the molecule is CC(NS(=O)(=O)c1cccc(Br)c1)c1ccc(F)cc1. The molecule has 0 aliphatic carbocycles. The predicted octanol–water partition coefficient (Wildman–Crippen LogP) is 3.63. The summed E-state index contributed by atoms with van der Waals surface area (Å²) in [6.45, 7) is 1.71. The fraction of sp³-hybridized carbons (Fsp3) is 0.143. The second-order valence-electron chi connectivity index (χ2n) is 4.35. The van der Waals surface area contributed by atoms with E-state index in [0.29, 0.717) is 10.0 Å².